The monoisotopic (exact) mass is 465 g/mol. The summed E-state index contributed by atoms with van der Waals surface area (Å²) >= 11 is 0. The van der Waals surface area contributed by atoms with Gasteiger partial charge in [0.25, 0.3) is 5.91 Å². The van der Waals surface area contributed by atoms with Crippen LogP contribution in [0.15, 0.2) is 77.8 Å². The van der Waals surface area contributed by atoms with Gasteiger partial charge in [0, 0.05) is 31.7 Å². The van der Waals surface area contributed by atoms with E-state index in [2.05, 4.69) is 4.90 Å². The second kappa shape index (κ2) is 8.85. The lowest BCUT2D eigenvalue weighted by Gasteiger charge is -2.25. The average molecular weight is 465 g/mol. The molecule has 0 aliphatic carbocycles. The van der Waals surface area contributed by atoms with Crippen molar-refractivity contribution < 1.29 is 22.7 Å². The number of para-hydroxylation sites is 1. The number of amides is 1. The summed E-state index contributed by atoms with van der Waals surface area (Å²) in [6.45, 7) is 2.32. The Hall–Kier alpha value is -3.81. The average Bonchev–Trinajstić information content (AvgIpc) is 3.18. The first-order valence-corrected chi connectivity index (χ1v) is 11.1. The van der Waals surface area contributed by atoms with E-state index in [0.29, 0.717) is 54.6 Å². The molecular formula is C26H22F3N3O2. The van der Waals surface area contributed by atoms with Crippen LogP contribution in [0, 0.1) is 0 Å². The van der Waals surface area contributed by atoms with Gasteiger partial charge in [-0.2, -0.15) is 13.2 Å². The van der Waals surface area contributed by atoms with Crippen LogP contribution in [-0.2, 0) is 6.18 Å². The van der Waals surface area contributed by atoms with E-state index in [1.54, 1.807) is 24.3 Å². The van der Waals surface area contributed by atoms with E-state index in [1.807, 2.05) is 35.2 Å². The predicted molar refractivity (Wildman–Crippen MR) is 123 cm³/mol. The molecule has 174 valence electrons. The minimum Gasteiger partial charge on any atom is -0.454 e. The summed E-state index contributed by atoms with van der Waals surface area (Å²) in [6, 6.07) is 19.7. The molecule has 0 spiro atoms. The van der Waals surface area contributed by atoms with E-state index in [0.717, 1.165) is 18.6 Å². The lowest BCUT2D eigenvalue weighted by atomic mass is 10.1. The maximum Gasteiger partial charge on any atom is 0.416 e. The van der Waals surface area contributed by atoms with Gasteiger partial charge < -0.3 is 14.5 Å². The molecule has 3 aromatic carbocycles. The highest BCUT2D eigenvalue weighted by Gasteiger charge is 2.32. The van der Waals surface area contributed by atoms with Gasteiger partial charge in [-0.25, -0.2) is 4.99 Å². The predicted octanol–water partition coefficient (Wildman–Crippen LogP) is 5.74. The van der Waals surface area contributed by atoms with Crippen LogP contribution >= 0.6 is 0 Å². The molecule has 2 aliphatic heterocycles. The zero-order valence-electron chi connectivity index (χ0n) is 18.3. The molecule has 0 radical (unpaired) electrons. The van der Waals surface area contributed by atoms with Gasteiger partial charge in [0.05, 0.1) is 11.1 Å². The number of amidine groups is 1. The summed E-state index contributed by atoms with van der Waals surface area (Å²) in [7, 11) is 0. The van der Waals surface area contributed by atoms with Crippen LogP contribution in [0.1, 0.15) is 27.9 Å². The normalized spacial score (nSPS) is 15.9. The Balaban J connectivity index is 1.46. The maximum absolute atomic E-state index is 13.3. The van der Waals surface area contributed by atoms with Gasteiger partial charge >= 0.3 is 6.18 Å². The van der Waals surface area contributed by atoms with Gasteiger partial charge in [0.2, 0.25) is 0 Å². The van der Waals surface area contributed by atoms with Crippen molar-refractivity contribution in [1.29, 1.82) is 0 Å². The van der Waals surface area contributed by atoms with E-state index in [4.69, 9.17) is 9.73 Å². The van der Waals surface area contributed by atoms with Crippen molar-refractivity contribution in [2.45, 2.75) is 12.6 Å². The highest BCUT2D eigenvalue weighted by Crippen LogP contribution is 2.41. The van der Waals surface area contributed by atoms with Crippen molar-refractivity contribution in [2.75, 3.05) is 26.2 Å². The molecule has 5 nitrogen and oxygen atoms in total. The Morgan fingerprint density at radius 1 is 0.853 bits per heavy atom. The molecule has 1 fully saturated rings. The number of hydrogen-bond acceptors (Lipinski definition) is 4. The molecular weight excluding hydrogens is 443 g/mol. The SMILES string of the molecule is O=C(c1ccccc1)N1CCCN(C2=Nc3ccc(C(F)(F)F)cc3Oc3ccccc32)CC1. The minimum atomic E-state index is -4.48. The van der Waals surface area contributed by atoms with Gasteiger partial charge in [-0.3, -0.25) is 4.79 Å². The summed E-state index contributed by atoms with van der Waals surface area (Å²) in [4.78, 5) is 21.6. The second-order valence-corrected chi connectivity index (χ2v) is 8.21. The number of nitrogens with zero attached hydrogens (tertiary/aromatic N) is 3. The third-order valence-corrected chi connectivity index (χ3v) is 5.96. The molecule has 0 aromatic heterocycles. The number of alkyl halides is 3. The fourth-order valence-corrected chi connectivity index (χ4v) is 4.23. The third-order valence-electron chi connectivity index (χ3n) is 5.96. The lowest BCUT2D eigenvalue weighted by molar-refractivity contribution is -0.137. The number of hydrogen-bond donors (Lipinski definition) is 0. The van der Waals surface area contributed by atoms with Crippen LogP contribution in [0.3, 0.4) is 0 Å². The molecule has 0 N–H and O–H groups in total. The van der Waals surface area contributed by atoms with Crippen molar-refractivity contribution in [3.8, 4) is 11.5 Å². The number of ether oxygens (including phenoxy) is 1. The van der Waals surface area contributed by atoms with Crippen LogP contribution in [0.5, 0.6) is 11.5 Å². The molecule has 0 unspecified atom stereocenters. The van der Waals surface area contributed by atoms with Crippen molar-refractivity contribution in [3.63, 3.8) is 0 Å². The van der Waals surface area contributed by atoms with E-state index >= 15 is 0 Å². The summed E-state index contributed by atoms with van der Waals surface area (Å²) in [5.74, 6) is 1.12. The summed E-state index contributed by atoms with van der Waals surface area (Å²) in [6.07, 6.45) is -3.74. The van der Waals surface area contributed by atoms with Crippen LogP contribution in [0.2, 0.25) is 0 Å². The number of aliphatic imine (C=N–C) groups is 1. The summed E-state index contributed by atoms with van der Waals surface area (Å²) in [5.41, 5.74) is 0.902. The molecule has 2 aliphatic rings. The first kappa shape index (κ1) is 22.0. The number of carbonyl (C=O) groups is 1. The fraction of sp³-hybridized carbons (Fsp3) is 0.231. The summed E-state index contributed by atoms with van der Waals surface area (Å²) in [5, 5.41) is 0. The molecule has 1 saturated heterocycles. The molecule has 0 bridgehead atoms. The quantitative estimate of drug-likeness (QED) is 0.461. The smallest absolute Gasteiger partial charge is 0.416 e. The van der Waals surface area contributed by atoms with Gasteiger partial charge in [0.15, 0.2) is 5.75 Å². The van der Waals surface area contributed by atoms with Crippen molar-refractivity contribution in [1.82, 2.24) is 9.80 Å². The Kier molecular flexibility index (Phi) is 5.73. The van der Waals surface area contributed by atoms with Crippen LogP contribution in [0.4, 0.5) is 18.9 Å². The number of halogens is 3. The van der Waals surface area contributed by atoms with E-state index in [1.165, 1.54) is 6.07 Å². The van der Waals surface area contributed by atoms with Gasteiger partial charge in [-0.05, 0) is 48.9 Å². The molecule has 0 saturated carbocycles. The Bertz CT molecular complexity index is 1240. The molecule has 34 heavy (non-hydrogen) atoms. The molecule has 0 atom stereocenters. The number of benzene rings is 3. The zero-order chi connectivity index (χ0) is 23.7. The lowest BCUT2D eigenvalue weighted by Crippen LogP contribution is -2.37. The van der Waals surface area contributed by atoms with Gasteiger partial charge in [-0.1, -0.05) is 30.3 Å². The Morgan fingerprint density at radius 2 is 1.62 bits per heavy atom. The van der Waals surface area contributed by atoms with E-state index < -0.39 is 11.7 Å². The molecule has 2 heterocycles. The number of rotatable bonds is 1. The van der Waals surface area contributed by atoms with Crippen molar-refractivity contribution in [2.24, 2.45) is 4.99 Å². The molecule has 8 heteroatoms. The van der Waals surface area contributed by atoms with Crippen LogP contribution in [-0.4, -0.2) is 47.7 Å². The highest BCUT2D eigenvalue weighted by atomic mass is 19.4. The fourth-order valence-electron chi connectivity index (χ4n) is 4.23. The number of fused-ring (bicyclic) bond motifs is 2. The van der Waals surface area contributed by atoms with Crippen LogP contribution < -0.4 is 4.74 Å². The Morgan fingerprint density at radius 3 is 2.41 bits per heavy atom. The van der Waals surface area contributed by atoms with Gasteiger partial charge in [-0.15, -0.1) is 0 Å². The summed E-state index contributed by atoms with van der Waals surface area (Å²) < 4.78 is 45.7. The first-order chi connectivity index (χ1) is 16.4. The third kappa shape index (κ3) is 4.35. The Labute approximate surface area is 195 Å². The first-order valence-electron chi connectivity index (χ1n) is 11.1. The second-order valence-electron chi connectivity index (χ2n) is 8.21. The molecule has 1 amide bonds. The van der Waals surface area contributed by atoms with Gasteiger partial charge in [0.1, 0.15) is 17.3 Å². The molecule has 5 rings (SSSR count). The molecule has 3 aromatic rings. The largest absolute Gasteiger partial charge is 0.454 e. The van der Waals surface area contributed by atoms with Crippen molar-refractivity contribution >= 4 is 17.4 Å². The number of carbonyl (C=O) groups excluding carboxylic acids is 1. The zero-order valence-corrected chi connectivity index (χ0v) is 18.3. The van der Waals surface area contributed by atoms with E-state index in [9.17, 15) is 18.0 Å². The van der Waals surface area contributed by atoms with Crippen molar-refractivity contribution in [3.05, 3.63) is 89.5 Å². The minimum absolute atomic E-state index is 0.0148. The van der Waals surface area contributed by atoms with E-state index in [-0.39, 0.29) is 11.7 Å². The highest BCUT2D eigenvalue weighted by molar-refractivity contribution is 6.04. The van der Waals surface area contributed by atoms with Crippen LogP contribution in [0.25, 0.3) is 0 Å². The topological polar surface area (TPSA) is 45.1 Å². The maximum atomic E-state index is 13.3. The standard InChI is InChI=1S/C26H22F3N3O2/c27-26(28,29)19-11-12-21-23(17-19)34-22-10-5-4-9-20(22)24(30-21)31-13-6-14-32(16-15-31)25(33)18-7-2-1-3-8-18/h1-5,7-12,17H,6,13-16H2.